The molecule has 6 heteroatoms. The first-order valence-corrected chi connectivity index (χ1v) is 8.09. The van der Waals surface area contributed by atoms with E-state index in [9.17, 15) is 4.79 Å². The normalized spacial score (nSPS) is 9.96. The highest BCUT2D eigenvalue weighted by Gasteiger charge is 2.05. The van der Waals surface area contributed by atoms with Crippen LogP contribution in [-0.4, -0.2) is 17.6 Å². The summed E-state index contributed by atoms with van der Waals surface area (Å²) < 4.78 is 0. The van der Waals surface area contributed by atoms with Crippen molar-refractivity contribution in [2.24, 2.45) is 0 Å². The van der Waals surface area contributed by atoms with Gasteiger partial charge in [0.2, 0.25) is 0 Å². The van der Waals surface area contributed by atoms with E-state index >= 15 is 0 Å². The van der Waals surface area contributed by atoms with Crippen molar-refractivity contribution in [3.8, 4) is 0 Å². The number of benzene rings is 2. The first kappa shape index (κ1) is 17.7. The molecule has 0 atom stereocenters. The lowest BCUT2D eigenvalue weighted by Crippen LogP contribution is -2.46. The minimum Gasteiger partial charge on any atom is -0.376 e. The summed E-state index contributed by atoms with van der Waals surface area (Å²) in [5.74, 6) is -0.208. The summed E-state index contributed by atoms with van der Waals surface area (Å²) in [6.45, 7) is 6.23. The Hall–Kier alpha value is -2.60. The van der Waals surface area contributed by atoms with Crippen LogP contribution in [0.4, 0.5) is 11.4 Å². The minimum absolute atomic E-state index is 0.155. The van der Waals surface area contributed by atoms with Gasteiger partial charge < -0.3 is 10.6 Å². The van der Waals surface area contributed by atoms with Gasteiger partial charge in [-0.3, -0.25) is 15.6 Å². The summed E-state index contributed by atoms with van der Waals surface area (Å²) in [7, 11) is 0. The molecule has 0 saturated carbocycles. The summed E-state index contributed by atoms with van der Waals surface area (Å²) in [6.07, 6.45) is 0. The third-order valence-electron chi connectivity index (χ3n) is 3.67. The smallest absolute Gasteiger partial charge is 0.257 e. The molecule has 0 aliphatic carbocycles. The number of nitrogens with one attached hydrogen (secondary N) is 4. The SMILES string of the molecule is Cc1ccc(NCC(=O)NNC(=S)Nc2cccc(C)c2C)cc1. The summed E-state index contributed by atoms with van der Waals surface area (Å²) >= 11 is 5.19. The second-order valence-electron chi connectivity index (χ2n) is 5.59. The Morgan fingerprint density at radius 2 is 1.71 bits per heavy atom. The zero-order chi connectivity index (χ0) is 17.5. The highest BCUT2D eigenvalue weighted by molar-refractivity contribution is 7.80. The van der Waals surface area contributed by atoms with Crippen LogP contribution in [-0.2, 0) is 4.79 Å². The zero-order valence-electron chi connectivity index (χ0n) is 14.1. The van der Waals surface area contributed by atoms with E-state index < -0.39 is 0 Å². The molecule has 0 aromatic heterocycles. The molecule has 0 spiro atoms. The first-order chi connectivity index (χ1) is 11.5. The van der Waals surface area contributed by atoms with Gasteiger partial charge in [-0.05, 0) is 62.3 Å². The standard InChI is InChI=1S/C18H22N4OS/c1-12-7-9-15(10-8-12)19-11-17(23)21-22-18(24)20-16-6-4-5-13(2)14(16)3/h4-10,19H,11H2,1-3H3,(H,21,23)(H2,20,22,24). The molecule has 5 nitrogen and oxygen atoms in total. The maximum atomic E-state index is 11.8. The molecule has 2 aromatic rings. The van der Waals surface area contributed by atoms with E-state index in [0.717, 1.165) is 16.9 Å². The van der Waals surface area contributed by atoms with Crippen LogP contribution in [0, 0.1) is 20.8 Å². The molecule has 0 heterocycles. The van der Waals surface area contributed by atoms with Gasteiger partial charge in [0.1, 0.15) is 0 Å². The van der Waals surface area contributed by atoms with Crippen LogP contribution >= 0.6 is 12.2 Å². The molecule has 1 amide bonds. The van der Waals surface area contributed by atoms with Crippen LogP contribution in [0.1, 0.15) is 16.7 Å². The predicted molar refractivity (Wildman–Crippen MR) is 103 cm³/mol. The van der Waals surface area contributed by atoms with Gasteiger partial charge in [0.05, 0.1) is 6.54 Å². The Morgan fingerprint density at radius 1 is 1.00 bits per heavy atom. The van der Waals surface area contributed by atoms with E-state index in [1.165, 1.54) is 11.1 Å². The Kier molecular flexibility index (Phi) is 6.14. The number of anilines is 2. The van der Waals surface area contributed by atoms with Crippen molar-refractivity contribution >= 4 is 34.6 Å². The van der Waals surface area contributed by atoms with Crippen molar-refractivity contribution in [3.63, 3.8) is 0 Å². The quantitative estimate of drug-likeness (QED) is 0.508. The molecule has 0 aliphatic rings. The van der Waals surface area contributed by atoms with Gasteiger partial charge in [-0.15, -0.1) is 0 Å². The molecular formula is C18H22N4OS. The highest BCUT2D eigenvalue weighted by Crippen LogP contribution is 2.17. The summed E-state index contributed by atoms with van der Waals surface area (Å²) in [5.41, 5.74) is 10.5. The van der Waals surface area contributed by atoms with Crippen LogP contribution in [0.5, 0.6) is 0 Å². The molecule has 2 aromatic carbocycles. The zero-order valence-corrected chi connectivity index (χ0v) is 14.9. The third kappa shape index (κ3) is 5.24. The van der Waals surface area contributed by atoms with E-state index in [1.54, 1.807) is 0 Å². The second kappa shape index (κ2) is 8.31. The fourth-order valence-electron chi connectivity index (χ4n) is 2.06. The molecule has 0 fully saturated rings. The fourth-order valence-corrected chi connectivity index (χ4v) is 2.23. The molecule has 0 unspecified atom stereocenters. The molecule has 0 radical (unpaired) electrons. The van der Waals surface area contributed by atoms with Gasteiger partial charge in [-0.2, -0.15) is 0 Å². The number of carbonyl (C=O) groups is 1. The van der Waals surface area contributed by atoms with Crippen LogP contribution < -0.4 is 21.5 Å². The molecule has 0 aliphatic heterocycles. The summed E-state index contributed by atoms with van der Waals surface area (Å²) in [5, 5.41) is 6.46. The minimum atomic E-state index is -0.208. The molecule has 0 saturated heterocycles. The number of hydrazine groups is 1. The highest BCUT2D eigenvalue weighted by atomic mass is 32.1. The van der Waals surface area contributed by atoms with Crippen molar-refractivity contribution in [2.75, 3.05) is 17.2 Å². The van der Waals surface area contributed by atoms with Crippen molar-refractivity contribution in [1.82, 2.24) is 10.9 Å². The van der Waals surface area contributed by atoms with Gasteiger partial charge in [0.25, 0.3) is 5.91 Å². The Labute approximate surface area is 147 Å². The lowest BCUT2D eigenvalue weighted by Gasteiger charge is -2.14. The molecule has 4 N–H and O–H groups in total. The first-order valence-electron chi connectivity index (χ1n) is 7.68. The number of rotatable bonds is 4. The Bertz CT molecular complexity index is 728. The summed E-state index contributed by atoms with van der Waals surface area (Å²) in [4.78, 5) is 11.8. The number of hydrogen-bond donors (Lipinski definition) is 4. The number of carbonyl (C=O) groups excluding carboxylic acids is 1. The molecule has 2 rings (SSSR count). The van der Waals surface area contributed by atoms with Crippen LogP contribution in [0.15, 0.2) is 42.5 Å². The van der Waals surface area contributed by atoms with E-state index in [4.69, 9.17) is 12.2 Å². The van der Waals surface area contributed by atoms with Crippen LogP contribution in [0.2, 0.25) is 0 Å². The summed E-state index contributed by atoms with van der Waals surface area (Å²) in [6, 6.07) is 13.8. The topological polar surface area (TPSA) is 65.2 Å². The van der Waals surface area contributed by atoms with E-state index in [2.05, 4.69) is 21.5 Å². The fraction of sp³-hybridized carbons (Fsp3) is 0.222. The van der Waals surface area contributed by atoms with Crippen molar-refractivity contribution in [1.29, 1.82) is 0 Å². The Balaban J connectivity index is 1.75. The van der Waals surface area contributed by atoms with Crippen molar-refractivity contribution in [3.05, 3.63) is 59.2 Å². The van der Waals surface area contributed by atoms with Crippen molar-refractivity contribution in [2.45, 2.75) is 20.8 Å². The van der Waals surface area contributed by atoms with Crippen molar-refractivity contribution < 1.29 is 4.79 Å². The average molecular weight is 342 g/mol. The maximum absolute atomic E-state index is 11.8. The largest absolute Gasteiger partial charge is 0.376 e. The van der Waals surface area contributed by atoms with E-state index in [-0.39, 0.29) is 12.5 Å². The lowest BCUT2D eigenvalue weighted by molar-refractivity contribution is -0.119. The third-order valence-corrected chi connectivity index (χ3v) is 3.88. The monoisotopic (exact) mass is 342 g/mol. The molecule has 126 valence electrons. The number of thiocarbonyl (C=S) groups is 1. The predicted octanol–water partition coefficient (Wildman–Crippen LogP) is 3.04. The number of amides is 1. The maximum Gasteiger partial charge on any atom is 0.257 e. The van der Waals surface area contributed by atoms with E-state index in [0.29, 0.717) is 5.11 Å². The number of aryl methyl sites for hydroxylation is 2. The average Bonchev–Trinajstić information content (AvgIpc) is 2.56. The van der Waals surface area contributed by atoms with Crippen LogP contribution in [0.25, 0.3) is 0 Å². The molecular weight excluding hydrogens is 320 g/mol. The van der Waals surface area contributed by atoms with E-state index in [1.807, 2.05) is 63.2 Å². The van der Waals surface area contributed by atoms with Gasteiger partial charge >= 0.3 is 0 Å². The second-order valence-corrected chi connectivity index (χ2v) is 6.00. The van der Waals surface area contributed by atoms with Gasteiger partial charge in [-0.1, -0.05) is 29.8 Å². The molecule has 24 heavy (non-hydrogen) atoms. The van der Waals surface area contributed by atoms with Gasteiger partial charge in [0.15, 0.2) is 5.11 Å². The molecule has 0 bridgehead atoms. The van der Waals surface area contributed by atoms with Gasteiger partial charge in [-0.25, -0.2) is 0 Å². The van der Waals surface area contributed by atoms with Crippen LogP contribution in [0.3, 0.4) is 0 Å². The van der Waals surface area contributed by atoms with Gasteiger partial charge in [0, 0.05) is 11.4 Å². The number of hydrogen-bond acceptors (Lipinski definition) is 3. The Morgan fingerprint density at radius 3 is 2.42 bits per heavy atom. The lowest BCUT2D eigenvalue weighted by atomic mass is 10.1.